The van der Waals surface area contributed by atoms with Crippen LogP contribution in [0.5, 0.6) is 11.5 Å². The quantitative estimate of drug-likeness (QED) is 0.769. The zero-order chi connectivity index (χ0) is 19.2. The maximum atomic E-state index is 10.0. The monoisotopic (exact) mass is 358 g/mol. The molecule has 1 N–H and O–H groups in total. The van der Waals surface area contributed by atoms with Crippen LogP contribution in [0.4, 0.5) is 0 Å². The Morgan fingerprint density at radius 3 is 2.59 bits per heavy atom. The van der Waals surface area contributed by atoms with Gasteiger partial charge in [0.1, 0.15) is 5.92 Å². The number of rotatable bonds is 1. The van der Waals surface area contributed by atoms with Crippen molar-refractivity contribution in [2.24, 2.45) is 23.2 Å². The minimum Gasteiger partial charge on any atom is -0.454 e. The Balaban J connectivity index is 1.93. The average molecular weight is 358 g/mol. The summed E-state index contributed by atoms with van der Waals surface area (Å²) in [7, 11) is 0. The molecule has 1 aromatic rings. The highest BCUT2D eigenvalue weighted by atomic mass is 16.7. The van der Waals surface area contributed by atoms with Crippen LogP contribution in [0.3, 0.4) is 0 Å². The van der Waals surface area contributed by atoms with Crippen molar-refractivity contribution in [1.29, 1.82) is 21.2 Å². The molecular formula is C21H18N4O2. The van der Waals surface area contributed by atoms with Gasteiger partial charge in [-0.1, -0.05) is 19.1 Å². The summed E-state index contributed by atoms with van der Waals surface area (Å²) < 4.78 is 10.9. The van der Waals surface area contributed by atoms with Gasteiger partial charge in [-0.3, -0.25) is 0 Å². The standard InChI is InChI=1S/C21H18N4O2/c1-12-2-4-14-15(6-12)19(13-3-5-17-18(7-13)27-11-26-17)21(9-23,10-24)20(25)16(14)8-22/h3-5,7,12,15-16,19,25H,2,6,11H2,1H3/t12-,15+,16?,19-/m1/s1. The second-order valence-electron chi connectivity index (χ2n) is 7.48. The fraction of sp³-hybridized carbons (Fsp3) is 0.429. The zero-order valence-electron chi connectivity index (χ0n) is 14.9. The summed E-state index contributed by atoms with van der Waals surface area (Å²) in [6.45, 7) is 2.27. The Morgan fingerprint density at radius 2 is 1.89 bits per heavy atom. The Morgan fingerprint density at radius 1 is 1.15 bits per heavy atom. The van der Waals surface area contributed by atoms with Crippen LogP contribution < -0.4 is 9.47 Å². The number of ether oxygens (including phenoxy) is 2. The molecule has 0 saturated heterocycles. The van der Waals surface area contributed by atoms with Crippen LogP contribution >= 0.6 is 0 Å². The van der Waals surface area contributed by atoms with Gasteiger partial charge < -0.3 is 14.9 Å². The molecule has 0 aromatic heterocycles. The number of nitriles is 3. The smallest absolute Gasteiger partial charge is 0.231 e. The van der Waals surface area contributed by atoms with Crippen molar-refractivity contribution >= 4 is 5.71 Å². The van der Waals surface area contributed by atoms with Crippen LogP contribution in [0.15, 0.2) is 29.8 Å². The molecule has 134 valence electrons. The molecule has 6 heteroatoms. The minimum absolute atomic E-state index is 0.116. The second kappa shape index (κ2) is 6.15. The van der Waals surface area contributed by atoms with E-state index in [0.717, 1.165) is 24.0 Å². The first-order chi connectivity index (χ1) is 13.1. The molecule has 1 aromatic carbocycles. The molecule has 0 spiro atoms. The lowest BCUT2D eigenvalue weighted by Gasteiger charge is -2.46. The fourth-order valence-electron chi connectivity index (χ4n) is 4.69. The van der Waals surface area contributed by atoms with E-state index in [0.29, 0.717) is 17.4 Å². The van der Waals surface area contributed by atoms with Gasteiger partial charge in [-0.05, 0) is 47.9 Å². The topological polar surface area (TPSA) is 114 Å². The highest BCUT2D eigenvalue weighted by molar-refractivity contribution is 6.00. The SMILES string of the molecule is C[C@@H]1CC=C2C(C#N)C(=N)C(C#N)(C#N)[C@H](c3ccc4c(c3)OCO4)[C@H]2C1. The van der Waals surface area contributed by atoms with Gasteiger partial charge in [0.25, 0.3) is 0 Å². The van der Waals surface area contributed by atoms with Crippen LogP contribution in [0.2, 0.25) is 0 Å². The summed E-state index contributed by atoms with van der Waals surface area (Å²) in [5.41, 5.74) is -0.139. The minimum atomic E-state index is -1.67. The predicted molar refractivity (Wildman–Crippen MR) is 95.8 cm³/mol. The third-order valence-corrected chi connectivity index (χ3v) is 5.99. The summed E-state index contributed by atoms with van der Waals surface area (Å²) in [4.78, 5) is 0. The average Bonchev–Trinajstić information content (AvgIpc) is 3.15. The first-order valence-corrected chi connectivity index (χ1v) is 8.96. The number of fused-ring (bicyclic) bond motifs is 2. The zero-order valence-corrected chi connectivity index (χ0v) is 14.9. The lowest BCUT2D eigenvalue weighted by Crippen LogP contribution is -2.49. The van der Waals surface area contributed by atoms with Crippen molar-refractivity contribution in [3.63, 3.8) is 0 Å². The largest absolute Gasteiger partial charge is 0.454 e. The molecule has 1 heterocycles. The predicted octanol–water partition coefficient (Wildman–Crippen LogP) is 3.68. The van der Waals surface area contributed by atoms with Crippen molar-refractivity contribution in [3.8, 4) is 29.7 Å². The number of hydrogen-bond acceptors (Lipinski definition) is 6. The molecule has 27 heavy (non-hydrogen) atoms. The van der Waals surface area contributed by atoms with Crippen LogP contribution in [-0.4, -0.2) is 12.5 Å². The first kappa shape index (κ1) is 17.1. The maximum Gasteiger partial charge on any atom is 0.231 e. The molecule has 6 nitrogen and oxygen atoms in total. The Hall–Kier alpha value is -3.30. The van der Waals surface area contributed by atoms with E-state index in [-0.39, 0.29) is 18.4 Å². The van der Waals surface area contributed by atoms with E-state index in [4.69, 9.17) is 14.9 Å². The summed E-state index contributed by atoms with van der Waals surface area (Å²) in [5.74, 6) is 0.136. The molecule has 1 aliphatic heterocycles. The van der Waals surface area contributed by atoms with Gasteiger partial charge in [0.05, 0.1) is 23.9 Å². The molecular weight excluding hydrogens is 340 g/mol. The molecule has 0 amide bonds. The van der Waals surface area contributed by atoms with Gasteiger partial charge >= 0.3 is 0 Å². The maximum absolute atomic E-state index is 10.0. The Kier molecular flexibility index (Phi) is 3.90. The van der Waals surface area contributed by atoms with Gasteiger partial charge in [0.2, 0.25) is 6.79 Å². The lowest BCUT2D eigenvalue weighted by molar-refractivity contribution is 0.174. The van der Waals surface area contributed by atoms with E-state index in [1.807, 2.05) is 18.2 Å². The van der Waals surface area contributed by atoms with Crippen molar-refractivity contribution in [2.75, 3.05) is 6.79 Å². The summed E-state index contributed by atoms with van der Waals surface area (Å²) >= 11 is 0. The van der Waals surface area contributed by atoms with Gasteiger partial charge in [0.15, 0.2) is 16.9 Å². The molecule has 1 saturated carbocycles. The van der Waals surface area contributed by atoms with Gasteiger partial charge in [0, 0.05) is 5.92 Å². The Labute approximate surface area is 157 Å². The second-order valence-corrected chi connectivity index (χ2v) is 7.48. The summed E-state index contributed by atoms with van der Waals surface area (Å²) in [6, 6.07) is 11.8. The van der Waals surface area contributed by atoms with Crippen molar-refractivity contribution in [2.45, 2.75) is 25.7 Å². The van der Waals surface area contributed by atoms with Crippen LogP contribution in [0.1, 0.15) is 31.2 Å². The summed E-state index contributed by atoms with van der Waals surface area (Å²) in [5, 5.41) is 38.3. The van der Waals surface area contributed by atoms with Crippen molar-refractivity contribution in [3.05, 3.63) is 35.4 Å². The normalized spacial score (nSPS) is 30.3. The summed E-state index contributed by atoms with van der Waals surface area (Å²) in [6.07, 6.45) is 3.67. The van der Waals surface area contributed by atoms with Crippen LogP contribution in [0, 0.1) is 62.6 Å². The van der Waals surface area contributed by atoms with Gasteiger partial charge in [-0.15, -0.1) is 0 Å². The molecule has 0 radical (unpaired) electrons. The van der Waals surface area contributed by atoms with Crippen LogP contribution in [0.25, 0.3) is 0 Å². The Bertz CT molecular complexity index is 961. The molecule has 1 fully saturated rings. The third kappa shape index (κ3) is 2.32. The molecule has 3 aliphatic rings. The van der Waals surface area contributed by atoms with E-state index >= 15 is 0 Å². The van der Waals surface area contributed by atoms with Crippen LogP contribution in [-0.2, 0) is 0 Å². The number of hydrogen-bond donors (Lipinski definition) is 1. The number of nitrogens with zero attached hydrogens (tertiary/aromatic N) is 3. The number of nitrogens with one attached hydrogen (secondary N) is 1. The van der Waals surface area contributed by atoms with E-state index in [1.54, 1.807) is 6.07 Å². The first-order valence-electron chi connectivity index (χ1n) is 8.96. The van der Waals surface area contributed by atoms with Crippen molar-refractivity contribution < 1.29 is 9.47 Å². The number of benzene rings is 1. The van der Waals surface area contributed by atoms with Gasteiger partial charge in [-0.25, -0.2) is 0 Å². The van der Waals surface area contributed by atoms with Gasteiger partial charge in [-0.2, -0.15) is 15.8 Å². The number of allylic oxidation sites excluding steroid dienone is 2. The molecule has 2 aliphatic carbocycles. The highest BCUT2D eigenvalue weighted by Crippen LogP contribution is 2.56. The van der Waals surface area contributed by atoms with E-state index in [1.165, 1.54) is 0 Å². The molecule has 4 rings (SSSR count). The molecule has 0 bridgehead atoms. The third-order valence-electron chi connectivity index (χ3n) is 5.99. The highest BCUT2D eigenvalue weighted by Gasteiger charge is 2.57. The van der Waals surface area contributed by atoms with E-state index in [9.17, 15) is 15.8 Å². The van der Waals surface area contributed by atoms with E-state index in [2.05, 4.69) is 25.1 Å². The van der Waals surface area contributed by atoms with Crippen molar-refractivity contribution in [1.82, 2.24) is 0 Å². The fourth-order valence-corrected chi connectivity index (χ4v) is 4.69. The lowest BCUT2D eigenvalue weighted by atomic mass is 9.52. The molecule has 4 atom stereocenters. The molecule has 1 unspecified atom stereocenters. The van der Waals surface area contributed by atoms with E-state index < -0.39 is 17.3 Å².